The van der Waals surface area contributed by atoms with Crippen molar-refractivity contribution >= 4 is 95.0 Å². The van der Waals surface area contributed by atoms with Crippen LogP contribution in [-0.4, -0.2) is 6.71 Å². The molecular weight excluding hydrogens is 854 g/mol. The van der Waals surface area contributed by atoms with Crippen LogP contribution in [-0.2, 0) is 27.1 Å². The minimum Gasteiger partial charge on any atom is -0.310 e. The second-order valence-electron chi connectivity index (χ2n) is 24.4. The van der Waals surface area contributed by atoms with E-state index in [1.807, 2.05) is 11.3 Å². The Bertz CT molecular complexity index is 3410. The maximum absolute atomic E-state index is 2.84. The van der Waals surface area contributed by atoms with Gasteiger partial charge in [-0.3, -0.25) is 0 Å². The first-order valence-electron chi connectivity index (χ1n) is 25.6. The molecule has 0 radical (unpaired) electrons. The molecule has 5 aliphatic rings. The molecule has 69 heavy (non-hydrogen) atoms. The fraction of sp³-hybridized carbons (Fsp3) is 0.312. The predicted molar refractivity (Wildman–Crippen MR) is 298 cm³/mol. The average molecular weight is 918 g/mol. The van der Waals surface area contributed by atoms with E-state index in [0.717, 1.165) is 29.9 Å². The number of aryl methyl sites for hydroxylation is 1. The number of hydrogen-bond donors (Lipinski definition) is 0. The third kappa shape index (κ3) is 5.92. The summed E-state index contributed by atoms with van der Waals surface area (Å²) in [5.41, 5.74) is 24.8. The summed E-state index contributed by atoms with van der Waals surface area (Å²) < 4.78 is 2.77. The van der Waals surface area contributed by atoms with E-state index >= 15 is 0 Å². The number of fused-ring (bicyclic) bond motifs is 11. The maximum atomic E-state index is 2.84. The van der Waals surface area contributed by atoms with Crippen molar-refractivity contribution in [3.8, 4) is 0 Å². The molecule has 0 saturated heterocycles. The SMILES string of the molecule is Cc1cc2c(c3c1N1c4cc(N(c5ccccc5)c5ccccc5)cc5c4B(c4ccc6c(c41)C3(C)CCC6(C)C)c1sc3ccccc3c1N5c1ccc(C(C)(C)C)cc1)C(C)(C)CCC2(C)C. The molecule has 1 aromatic heterocycles. The lowest BCUT2D eigenvalue weighted by molar-refractivity contribution is 0.311. The minimum absolute atomic E-state index is 0.0207. The van der Waals surface area contributed by atoms with Crippen LogP contribution in [0.3, 0.4) is 0 Å². The fourth-order valence-corrected chi connectivity index (χ4v) is 15.1. The van der Waals surface area contributed by atoms with Crippen LogP contribution in [0.25, 0.3) is 10.1 Å². The van der Waals surface area contributed by atoms with Gasteiger partial charge >= 0.3 is 0 Å². The maximum Gasteiger partial charge on any atom is 0.264 e. The number of anilines is 9. The van der Waals surface area contributed by atoms with Gasteiger partial charge < -0.3 is 14.7 Å². The Morgan fingerprint density at radius 2 is 1.13 bits per heavy atom. The van der Waals surface area contributed by atoms with Gasteiger partial charge in [0.05, 0.1) is 17.1 Å². The van der Waals surface area contributed by atoms with Crippen molar-refractivity contribution < 1.29 is 0 Å². The molecule has 0 saturated carbocycles. The summed E-state index contributed by atoms with van der Waals surface area (Å²) >= 11 is 2.00. The standard InChI is InChI=1S/C64H64BN3S/c1-39-36-47-52(63(9,10)33-32-62(47,7)8)54-56(39)68-50-38-44(66(41-20-14-12-15-21-41)42-22-16-13-17-23-42)37-49-55(50)65(48-31-30-46-53(58(48)68)64(54,11)35-34-61(46,5)6)59-57(45-24-18-19-25-51(45)69-59)67(49)43-28-26-40(27-29-43)60(2,3)4/h12-31,36-38H,32-35H2,1-11H3. The van der Waals surface area contributed by atoms with Crippen LogP contribution in [0.2, 0.25) is 0 Å². The highest BCUT2D eigenvalue weighted by Gasteiger charge is 2.56. The van der Waals surface area contributed by atoms with E-state index in [1.54, 1.807) is 22.3 Å². The lowest BCUT2D eigenvalue weighted by atomic mass is 9.35. The summed E-state index contributed by atoms with van der Waals surface area (Å²) in [6.07, 6.45) is 4.66. The molecule has 4 heterocycles. The van der Waals surface area contributed by atoms with E-state index in [4.69, 9.17) is 0 Å². The van der Waals surface area contributed by atoms with Crippen LogP contribution in [0.4, 0.5) is 51.2 Å². The molecule has 1 unspecified atom stereocenters. The molecular formula is C64H64BN3S. The van der Waals surface area contributed by atoms with Gasteiger partial charge in [0.1, 0.15) is 0 Å². The summed E-state index contributed by atoms with van der Waals surface area (Å²) in [6, 6.07) is 53.7. The normalized spacial score (nSPS) is 19.6. The highest BCUT2D eigenvalue weighted by Crippen LogP contribution is 2.65. The van der Waals surface area contributed by atoms with Gasteiger partial charge in [-0.25, -0.2) is 0 Å². The van der Waals surface area contributed by atoms with Gasteiger partial charge in [0, 0.05) is 54.4 Å². The van der Waals surface area contributed by atoms with Gasteiger partial charge in [0.2, 0.25) is 0 Å². The van der Waals surface area contributed by atoms with Crippen LogP contribution in [0.15, 0.2) is 140 Å². The summed E-state index contributed by atoms with van der Waals surface area (Å²) in [5.74, 6) is 0. The average Bonchev–Trinajstić information content (AvgIpc) is 3.71. The van der Waals surface area contributed by atoms with Crippen molar-refractivity contribution in [3.63, 3.8) is 0 Å². The van der Waals surface area contributed by atoms with Crippen LogP contribution in [0.1, 0.15) is 134 Å². The van der Waals surface area contributed by atoms with Crippen LogP contribution in [0, 0.1) is 6.92 Å². The molecule has 0 bridgehead atoms. The predicted octanol–water partition coefficient (Wildman–Crippen LogP) is 16.1. The highest BCUT2D eigenvalue weighted by molar-refractivity contribution is 7.33. The second-order valence-corrected chi connectivity index (χ2v) is 25.4. The molecule has 0 amide bonds. The molecule has 2 aliphatic carbocycles. The summed E-state index contributed by atoms with van der Waals surface area (Å²) in [7, 11) is 0. The van der Waals surface area contributed by atoms with Crippen molar-refractivity contribution in [1.82, 2.24) is 0 Å². The quantitative estimate of drug-likeness (QED) is 0.163. The molecule has 0 fully saturated rings. The van der Waals surface area contributed by atoms with E-state index in [1.165, 1.54) is 89.4 Å². The van der Waals surface area contributed by atoms with E-state index in [-0.39, 0.29) is 33.8 Å². The van der Waals surface area contributed by atoms with Crippen molar-refractivity contribution in [2.45, 2.75) is 129 Å². The van der Waals surface area contributed by atoms with Crippen LogP contribution in [0.5, 0.6) is 0 Å². The first-order valence-corrected chi connectivity index (χ1v) is 26.4. The van der Waals surface area contributed by atoms with Gasteiger partial charge in [-0.05, 0) is 159 Å². The zero-order valence-electron chi connectivity index (χ0n) is 42.4. The number of hydrogen-bond acceptors (Lipinski definition) is 4. The molecule has 0 N–H and O–H groups in total. The summed E-state index contributed by atoms with van der Waals surface area (Å²) in [6.45, 7) is 27.3. The molecule has 3 aliphatic heterocycles. The monoisotopic (exact) mass is 917 g/mol. The van der Waals surface area contributed by atoms with Crippen LogP contribution >= 0.6 is 11.3 Å². The highest BCUT2D eigenvalue weighted by atomic mass is 32.1. The Morgan fingerprint density at radius 3 is 1.80 bits per heavy atom. The Kier molecular flexibility index (Phi) is 8.91. The van der Waals surface area contributed by atoms with E-state index in [2.05, 4.69) is 230 Å². The molecule has 5 heteroatoms. The largest absolute Gasteiger partial charge is 0.310 e. The smallest absolute Gasteiger partial charge is 0.264 e. The molecule has 0 spiro atoms. The third-order valence-corrected chi connectivity index (χ3v) is 18.8. The number of benzene rings is 7. The first-order chi connectivity index (χ1) is 32.9. The molecule has 1 atom stereocenters. The number of para-hydroxylation sites is 2. The molecule has 8 aromatic rings. The van der Waals surface area contributed by atoms with Crippen molar-refractivity contribution in [2.75, 3.05) is 14.7 Å². The number of nitrogens with zero attached hydrogens (tertiary/aromatic N) is 3. The third-order valence-electron chi connectivity index (χ3n) is 17.6. The molecule has 7 aromatic carbocycles. The van der Waals surface area contributed by atoms with Gasteiger partial charge in [-0.1, -0.05) is 154 Å². The Balaban J connectivity index is 1.22. The van der Waals surface area contributed by atoms with Gasteiger partial charge in [0.25, 0.3) is 6.71 Å². The lowest BCUT2D eigenvalue weighted by Crippen LogP contribution is -2.62. The van der Waals surface area contributed by atoms with Crippen LogP contribution < -0.4 is 30.4 Å². The van der Waals surface area contributed by atoms with Crippen molar-refractivity contribution in [2.24, 2.45) is 0 Å². The van der Waals surface area contributed by atoms with Crippen molar-refractivity contribution in [1.29, 1.82) is 0 Å². The van der Waals surface area contributed by atoms with Gasteiger partial charge in [-0.15, -0.1) is 11.3 Å². The summed E-state index contributed by atoms with van der Waals surface area (Å²) in [4.78, 5) is 7.99. The topological polar surface area (TPSA) is 9.72 Å². The van der Waals surface area contributed by atoms with Gasteiger partial charge in [-0.2, -0.15) is 0 Å². The lowest BCUT2D eigenvalue weighted by Gasteiger charge is -2.57. The molecule has 3 nitrogen and oxygen atoms in total. The molecule has 13 rings (SSSR count). The zero-order chi connectivity index (χ0) is 47.7. The zero-order valence-corrected chi connectivity index (χ0v) is 43.3. The molecule has 344 valence electrons. The number of thiophene rings is 1. The Hall–Kier alpha value is -6.04. The number of rotatable bonds is 4. The first kappa shape index (κ1) is 43.0. The Morgan fingerprint density at radius 1 is 0.536 bits per heavy atom. The van der Waals surface area contributed by atoms with Gasteiger partial charge in [0.15, 0.2) is 0 Å². The fourth-order valence-electron chi connectivity index (χ4n) is 13.8. The van der Waals surface area contributed by atoms with E-state index < -0.39 is 0 Å². The summed E-state index contributed by atoms with van der Waals surface area (Å²) in [5, 5.41) is 1.32. The van der Waals surface area contributed by atoms with E-state index in [0.29, 0.717) is 0 Å². The minimum atomic E-state index is -0.167. The second kappa shape index (κ2) is 14.3. The Labute approximate surface area is 414 Å². The van der Waals surface area contributed by atoms with E-state index in [9.17, 15) is 0 Å². The van der Waals surface area contributed by atoms with Crippen molar-refractivity contribution in [3.05, 3.63) is 178 Å².